The van der Waals surface area contributed by atoms with Crippen LogP contribution in [0.25, 0.3) is 0 Å². The minimum absolute atomic E-state index is 0.254. The zero-order valence-corrected chi connectivity index (χ0v) is 9.62. The van der Waals surface area contributed by atoms with Gasteiger partial charge in [-0.2, -0.15) is 0 Å². The monoisotopic (exact) mass is 191 g/mol. The molecule has 0 radical (unpaired) electrons. The molecule has 0 aliphatic heterocycles. The van der Waals surface area contributed by atoms with Gasteiger partial charge in [0.05, 0.1) is 0 Å². The molecule has 1 fully saturated rings. The van der Waals surface area contributed by atoms with Crippen LogP contribution in [0.5, 0.6) is 0 Å². The van der Waals surface area contributed by atoms with E-state index in [9.17, 15) is 0 Å². The van der Waals surface area contributed by atoms with Gasteiger partial charge in [0, 0.05) is 6.04 Å². The molecule has 1 saturated carbocycles. The van der Waals surface area contributed by atoms with Gasteiger partial charge < -0.3 is 5.73 Å². The Morgan fingerprint density at radius 1 is 1.36 bits per heavy atom. The summed E-state index contributed by atoms with van der Waals surface area (Å²) in [6, 6.07) is 0.362. The summed E-state index contributed by atoms with van der Waals surface area (Å²) in [5.74, 6) is 1.98. The van der Waals surface area contributed by atoms with E-state index in [1.54, 1.807) is 0 Å². The van der Waals surface area contributed by atoms with Crippen LogP contribution in [0.3, 0.4) is 0 Å². The van der Waals surface area contributed by atoms with Crippen molar-refractivity contribution in [3.63, 3.8) is 0 Å². The largest absolute Gasteiger partial charge is 0.327 e. The fraction of sp³-hybridized carbons (Fsp3) is 0.692. The molecule has 3 aliphatic carbocycles. The third-order valence-electron chi connectivity index (χ3n) is 4.07. The van der Waals surface area contributed by atoms with Crippen molar-refractivity contribution in [1.29, 1.82) is 0 Å². The molecular weight excluding hydrogens is 170 g/mol. The Morgan fingerprint density at radius 2 is 2.00 bits per heavy atom. The van der Waals surface area contributed by atoms with Crippen molar-refractivity contribution in [1.82, 2.24) is 0 Å². The molecule has 3 rings (SSSR count). The second kappa shape index (κ2) is 2.96. The molecule has 0 heterocycles. The average Bonchev–Trinajstić information content (AvgIpc) is 2.00. The minimum Gasteiger partial charge on any atom is -0.327 e. The summed E-state index contributed by atoms with van der Waals surface area (Å²) in [5.41, 5.74) is 7.86. The number of hydrogen-bond donors (Lipinski definition) is 1. The SMILES string of the molecule is CC1=C\C(C)(C)[C@@H]2C(C)C(/C=C\1)C2N. The van der Waals surface area contributed by atoms with Crippen LogP contribution in [0.1, 0.15) is 27.7 Å². The smallest absolute Gasteiger partial charge is 0.0144 e. The van der Waals surface area contributed by atoms with E-state index in [1.165, 1.54) is 5.57 Å². The molecule has 0 aromatic carbocycles. The van der Waals surface area contributed by atoms with Gasteiger partial charge in [-0.1, -0.05) is 44.6 Å². The molecule has 78 valence electrons. The Hall–Kier alpha value is -0.560. The fourth-order valence-corrected chi connectivity index (χ4v) is 3.51. The quantitative estimate of drug-likeness (QED) is 0.626. The lowest BCUT2D eigenvalue weighted by Gasteiger charge is -2.55. The highest BCUT2D eigenvalue weighted by atomic mass is 14.8. The van der Waals surface area contributed by atoms with Crippen molar-refractivity contribution in [3.05, 3.63) is 23.8 Å². The second-order valence-electron chi connectivity index (χ2n) is 5.61. The average molecular weight is 191 g/mol. The highest BCUT2D eigenvalue weighted by Crippen LogP contribution is 2.51. The molecule has 2 bridgehead atoms. The van der Waals surface area contributed by atoms with Gasteiger partial charge in [0.2, 0.25) is 0 Å². The molecule has 0 aromatic heterocycles. The molecule has 14 heavy (non-hydrogen) atoms. The summed E-state index contributed by atoms with van der Waals surface area (Å²) >= 11 is 0. The fourth-order valence-electron chi connectivity index (χ4n) is 3.51. The molecule has 0 amide bonds. The number of nitrogens with two attached hydrogens (primary N) is 1. The van der Waals surface area contributed by atoms with Gasteiger partial charge in [0.15, 0.2) is 0 Å². The van der Waals surface area contributed by atoms with Crippen molar-refractivity contribution >= 4 is 0 Å². The van der Waals surface area contributed by atoms with Crippen molar-refractivity contribution in [2.45, 2.75) is 33.7 Å². The first-order valence-electron chi connectivity index (χ1n) is 5.57. The Kier molecular flexibility index (Phi) is 2.11. The topological polar surface area (TPSA) is 26.0 Å². The maximum atomic E-state index is 6.23. The molecular formula is C13H21N. The highest BCUT2D eigenvalue weighted by molar-refractivity contribution is 5.27. The minimum atomic E-state index is 0.254. The molecule has 2 N–H and O–H groups in total. The second-order valence-corrected chi connectivity index (χ2v) is 5.61. The third-order valence-corrected chi connectivity index (χ3v) is 4.07. The van der Waals surface area contributed by atoms with E-state index in [-0.39, 0.29) is 5.41 Å². The standard InChI is InChI=1S/C13H21N/c1-8-5-6-10-9(2)11(12(10)14)13(3,4)7-8/h5-7,9-12H,14H2,1-4H3/b6-5-,8-7+/t9?,10?,11-,12?/m1/s1. The van der Waals surface area contributed by atoms with Crippen LogP contribution in [0.15, 0.2) is 23.8 Å². The number of allylic oxidation sites excluding steroid dienone is 3. The first-order chi connectivity index (χ1) is 6.43. The van der Waals surface area contributed by atoms with Gasteiger partial charge in [-0.3, -0.25) is 0 Å². The van der Waals surface area contributed by atoms with Crippen LogP contribution >= 0.6 is 0 Å². The summed E-state index contributed by atoms with van der Waals surface area (Å²) < 4.78 is 0. The van der Waals surface area contributed by atoms with E-state index < -0.39 is 0 Å². The number of fused-ring (bicyclic) bond motifs is 2. The lowest BCUT2D eigenvalue weighted by Crippen LogP contribution is -2.59. The Balaban J connectivity index is 2.39. The summed E-state index contributed by atoms with van der Waals surface area (Å²) in [6.07, 6.45) is 6.91. The van der Waals surface area contributed by atoms with E-state index in [0.717, 1.165) is 5.92 Å². The highest BCUT2D eigenvalue weighted by Gasteiger charge is 2.50. The van der Waals surface area contributed by atoms with Crippen molar-refractivity contribution < 1.29 is 0 Å². The van der Waals surface area contributed by atoms with Crippen LogP contribution in [0, 0.1) is 23.2 Å². The van der Waals surface area contributed by atoms with Crippen molar-refractivity contribution in [2.75, 3.05) is 0 Å². The van der Waals surface area contributed by atoms with Crippen LogP contribution in [-0.2, 0) is 0 Å². The predicted octanol–water partition coefficient (Wildman–Crippen LogP) is 2.74. The van der Waals surface area contributed by atoms with E-state index in [0.29, 0.717) is 17.9 Å². The van der Waals surface area contributed by atoms with Gasteiger partial charge in [-0.15, -0.1) is 0 Å². The normalized spacial score (nSPS) is 50.8. The summed E-state index contributed by atoms with van der Waals surface area (Å²) in [4.78, 5) is 0. The molecule has 3 unspecified atom stereocenters. The molecule has 0 spiro atoms. The number of rotatable bonds is 0. The van der Waals surface area contributed by atoms with Crippen LogP contribution in [-0.4, -0.2) is 6.04 Å². The zero-order valence-electron chi connectivity index (χ0n) is 9.62. The maximum Gasteiger partial charge on any atom is 0.0144 e. The van der Waals surface area contributed by atoms with Crippen molar-refractivity contribution in [3.8, 4) is 0 Å². The molecule has 1 heteroatoms. The van der Waals surface area contributed by atoms with E-state index >= 15 is 0 Å². The Labute approximate surface area is 87.1 Å². The van der Waals surface area contributed by atoms with E-state index in [2.05, 4.69) is 45.9 Å². The molecule has 1 nitrogen and oxygen atoms in total. The molecule has 3 aliphatic rings. The lowest BCUT2D eigenvalue weighted by molar-refractivity contribution is 0.0101. The summed E-state index contributed by atoms with van der Waals surface area (Å²) in [7, 11) is 0. The first-order valence-corrected chi connectivity index (χ1v) is 5.57. The predicted molar refractivity (Wildman–Crippen MR) is 60.8 cm³/mol. The zero-order chi connectivity index (χ0) is 10.5. The maximum absolute atomic E-state index is 6.23. The van der Waals surface area contributed by atoms with E-state index in [1.807, 2.05) is 0 Å². The first kappa shape index (κ1) is 9.97. The molecule has 0 aromatic rings. The molecule has 0 saturated heterocycles. The van der Waals surface area contributed by atoms with Crippen molar-refractivity contribution in [2.24, 2.45) is 28.9 Å². The lowest BCUT2D eigenvalue weighted by atomic mass is 9.52. The summed E-state index contributed by atoms with van der Waals surface area (Å²) in [5, 5.41) is 0. The summed E-state index contributed by atoms with van der Waals surface area (Å²) in [6.45, 7) is 9.14. The van der Waals surface area contributed by atoms with Gasteiger partial charge in [0.25, 0.3) is 0 Å². The van der Waals surface area contributed by atoms with Gasteiger partial charge >= 0.3 is 0 Å². The van der Waals surface area contributed by atoms with Gasteiger partial charge in [-0.25, -0.2) is 0 Å². The third kappa shape index (κ3) is 1.26. The van der Waals surface area contributed by atoms with Gasteiger partial charge in [-0.05, 0) is 30.1 Å². The molecule has 4 atom stereocenters. The Morgan fingerprint density at radius 3 is 2.57 bits per heavy atom. The van der Waals surface area contributed by atoms with Crippen LogP contribution in [0.4, 0.5) is 0 Å². The van der Waals surface area contributed by atoms with Crippen LogP contribution in [0.2, 0.25) is 0 Å². The van der Waals surface area contributed by atoms with Crippen LogP contribution < -0.4 is 5.73 Å². The Bertz CT molecular complexity index is 288. The van der Waals surface area contributed by atoms with Gasteiger partial charge in [0.1, 0.15) is 0 Å². The number of hydrogen-bond acceptors (Lipinski definition) is 1. The van der Waals surface area contributed by atoms with E-state index in [4.69, 9.17) is 5.73 Å².